The van der Waals surface area contributed by atoms with Crippen LogP contribution >= 0.6 is 0 Å². The van der Waals surface area contributed by atoms with Crippen molar-refractivity contribution < 1.29 is 9.90 Å². The summed E-state index contributed by atoms with van der Waals surface area (Å²) in [5.41, 5.74) is 0. The van der Waals surface area contributed by atoms with Crippen molar-refractivity contribution in [3.8, 4) is 0 Å². The van der Waals surface area contributed by atoms with Crippen LogP contribution in [0.5, 0.6) is 0 Å². The second kappa shape index (κ2) is 3.29. The molecule has 1 N–H and O–H groups in total. The van der Waals surface area contributed by atoms with Gasteiger partial charge in [-0.1, -0.05) is 0 Å². The Hall–Kier alpha value is -0.570. The number of nitrogens with zero attached hydrogens (tertiary/aromatic N) is 1. The molecule has 3 atom stereocenters. The van der Waals surface area contributed by atoms with Gasteiger partial charge in [-0.2, -0.15) is 0 Å². The van der Waals surface area contributed by atoms with Crippen LogP contribution in [-0.4, -0.2) is 36.1 Å². The van der Waals surface area contributed by atoms with E-state index in [1.54, 1.807) is 0 Å². The van der Waals surface area contributed by atoms with Crippen molar-refractivity contribution in [1.29, 1.82) is 0 Å². The third kappa shape index (κ3) is 1.85. The number of carboxylic acid groups (broad SMARTS) is 1. The van der Waals surface area contributed by atoms with Gasteiger partial charge in [0.15, 0.2) is 0 Å². The predicted molar refractivity (Wildman–Crippen MR) is 49.5 cm³/mol. The average molecular weight is 183 g/mol. The maximum Gasteiger partial charge on any atom is 0.306 e. The summed E-state index contributed by atoms with van der Waals surface area (Å²) in [7, 11) is 2.13. The second-order valence-corrected chi connectivity index (χ2v) is 4.51. The lowest BCUT2D eigenvalue weighted by molar-refractivity contribution is -0.139. The van der Waals surface area contributed by atoms with Gasteiger partial charge < -0.3 is 10.0 Å². The lowest BCUT2D eigenvalue weighted by Crippen LogP contribution is -2.33. The van der Waals surface area contributed by atoms with Gasteiger partial charge >= 0.3 is 5.97 Å². The summed E-state index contributed by atoms with van der Waals surface area (Å²) in [5, 5.41) is 8.81. The zero-order valence-electron chi connectivity index (χ0n) is 8.07. The highest BCUT2D eigenvalue weighted by atomic mass is 16.4. The molecule has 3 nitrogen and oxygen atoms in total. The molecule has 0 radical (unpaired) electrons. The fourth-order valence-electron chi connectivity index (χ4n) is 2.58. The molecule has 2 fully saturated rings. The molecule has 1 aliphatic heterocycles. The van der Waals surface area contributed by atoms with E-state index in [-0.39, 0.29) is 5.92 Å². The summed E-state index contributed by atoms with van der Waals surface area (Å²) in [6, 6.07) is 0. The molecule has 1 unspecified atom stereocenters. The minimum absolute atomic E-state index is 0.0171. The minimum Gasteiger partial charge on any atom is -0.481 e. The first-order chi connectivity index (χ1) is 6.18. The van der Waals surface area contributed by atoms with E-state index in [0.29, 0.717) is 11.8 Å². The molecule has 0 bridgehead atoms. The standard InChI is InChI=1S/C10H17NO2/c1-11-4-2-3-7(6-11)8-5-9(8)10(12)13/h7-9H,2-6H2,1H3,(H,12,13)/t7?,8-,9+/m1/s1. The summed E-state index contributed by atoms with van der Waals surface area (Å²) >= 11 is 0. The second-order valence-electron chi connectivity index (χ2n) is 4.51. The maximum absolute atomic E-state index is 10.7. The monoisotopic (exact) mass is 183 g/mol. The van der Waals surface area contributed by atoms with Crippen LogP contribution in [0.1, 0.15) is 19.3 Å². The van der Waals surface area contributed by atoms with Gasteiger partial charge in [0.1, 0.15) is 0 Å². The fourth-order valence-corrected chi connectivity index (χ4v) is 2.58. The van der Waals surface area contributed by atoms with Crippen molar-refractivity contribution in [3.63, 3.8) is 0 Å². The van der Waals surface area contributed by atoms with Crippen molar-refractivity contribution in [2.45, 2.75) is 19.3 Å². The molecule has 3 heteroatoms. The zero-order chi connectivity index (χ0) is 9.42. The molecule has 1 saturated heterocycles. The Morgan fingerprint density at radius 3 is 2.85 bits per heavy atom. The molecule has 0 spiro atoms. The van der Waals surface area contributed by atoms with Gasteiger partial charge in [-0.05, 0) is 44.7 Å². The topological polar surface area (TPSA) is 40.5 Å². The molecule has 1 saturated carbocycles. The van der Waals surface area contributed by atoms with Gasteiger partial charge in [-0.25, -0.2) is 0 Å². The van der Waals surface area contributed by atoms with E-state index in [2.05, 4.69) is 11.9 Å². The van der Waals surface area contributed by atoms with Gasteiger partial charge in [0.25, 0.3) is 0 Å². The zero-order valence-corrected chi connectivity index (χ0v) is 8.07. The minimum atomic E-state index is -0.585. The highest BCUT2D eigenvalue weighted by Gasteiger charge is 2.48. The lowest BCUT2D eigenvalue weighted by Gasteiger charge is -2.29. The van der Waals surface area contributed by atoms with Crippen LogP contribution in [0.4, 0.5) is 0 Å². The van der Waals surface area contributed by atoms with Gasteiger partial charge in [0.2, 0.25) is 0 Å². The van der Waals surface area contributed by atoms with Crippen LogP contribution in [0, 0.1) is 17.8 Å². The first kappa shape index (κ1) is 9.00. The number of hydrogen-bond acceptors (Lipinski definition) is 2. The van der Waals surface area contributed by atoms with Crippen LogP contribution < -0.4 is 0 Å². The first-order valence-electron chi connectivity index (χ1n) is 5.10. The SMILES string of the molecule is CN1CCCC([C@H]2C[C@@H]2C(=O)O)C1. The quantitative estimate of drug-likeness (QED) is 0.695. The Kier molecular flexibility index (Phi) is 2.28. The molecule has 74 valence electrons. The van der Waals surface area contributed by atoms with E-state index < -0.39 is 5.97 Å². The van der Waals surface area contributed by atoms with Crippen molar-refractivity contribution in [1.82, 2.24) is 4.90 Å². The summed E-state index contributed by atoms with van der Waals surface area (Å²) in [5.74, 6) is 0.537. The fraction of sp³-hybridized carbons (Fsp3) is 0.900. The number of carbonyl (C=O) groups is 1. The molecular formula is C10H17NO2. The summed E-state index contributed by atoms with van der Waals surface area (Å²) in [6.45, 7) is 2.29. The van der Waals surface area contributed by atoms with Crippen molar-refractivity contribution >= 4 is 5.97 Å². The normalized spacial score (nSPS) is 40.2. The summed E-state index contributed by atoms with van der Waals surface area (Å²) in [4.78, 5) is 13.0. The van der Waals surface area contributed by atoms with Crippen LogP contribution in [0.3, 0.4) is 0 Å². The Labute approximate surface area is 78.7 Å². The highest BCUT2D eigenvalue weighted by Crippen LogP contribution is 2.47. The molecule has 1 aliphatic carbocycles. The van der Waals surface area contributed by atoms with Crippen molar-refractivity contribution in [3.05, 3.63) is 0 Å². The summed E-state index contributed by atoms with van der Waals surface area (Å²) < 4.78 is 0. The largest absolute Gasteiger partial charge is 0.481 e. The number of piperidine rings is 1. The van der Waals surface area contributed by atoms with E-state index in [1.807, 2.05) is 0 Å². The third-order valence-corrected chi connectivity index (χ3v) is 3.42. The van der Waals surface area contributed by atoms with E-state index in [1.165, 1.54) is 19.4 Å². The van der Waals surface area contributed by atoms with Crippen molar-refractivity contribution in [2.75, 3.05) is 20.1 Å². The molecule has 0 aromatic heterocycles. The lowest BCUT2D eigenvalue weighted by atomic mass is 9.92. The Balaban J connectivity index is 1.85. The molecule has 1 heterocycles. The van der Waals surface area contributed by atoms with Crippen LogP contribution in [0.15, 0.2) is 0 Å². The Morgan fingerprint density at radius 2 is 2.31 bits per heavy atom. The molecule has 0 amide bonds. The maximum atomic E-state index is 10.7. The van der Waals surface area contributed by atoms with E-state index in [4.69, 9.17) is 5.11 Å². The van der Waals surface area contributed by atoms with Crippen LogP contribution in [0.25, 0.3) is 0 Å². The number of likely N-dealkylation sites (tertiary alicyclic amines) is 1. The number of hydrogen-bond donors (Lipinski definition) is 1. The number of rotatable bonds is 2. The van der Waals surface area contributed by atoms with E-state index in [9.17, 15) is 4.79 Å². The molecule has 2 rings (SSSR count). The molecule has 0 aromatic carbocycles. The molecule has 2 aliphatic rings. The first-order valence-corrected chi connectivity index (χ1v) is 5.10. The predicted octanol–water partition coefficient (Wildman–Crippen LogP) is 1.05. The third-order valence-electron chi connectivity index (χ3n) is 3.42. The van der Waals surface area contributed by atoms with Crippen molar-refractivity contribution in [2.24, 2.45) is 17.8 Å². The van der Waals surface area contributed by atoms with Gasteiger partial charge in [-0.3, -0.25) is 4.79 Å². The number of carboxylic acids is 1. The molecule has 13 heavy (non-hydrogen) atoms. The van der Waals surface area contributed by atoms with Crippen LogP contribution in [0.2, 0.25) is 0 Å². The highest BCUT2D eigenvalue weighted by molar-refractivity contribution is 5.73. The average Bonchev–Trinajstić information content (AvgIpc) is 2.82. The summed E-state index contributed by atoms with van der Waals surface area (Å²) in [6.07, 6.45) is 3.40. The Bertz CT molecular complexity index is 217. The van der Waals surface area contributed by atoms with Gasteiger partial charge in [-0.15, -0.1) is 0 Å². The molecule has 0 aromatic rings. The van der Waals surface area contributed by atoms with E-state index >= 15 is 0 Å². The van der Waals surface area contributed by atoms with E-state index in [0.717, 1.165) is 13.0 Å². The number of aliphatic carboxylic acids is 1. The Morgan fingerprint density at radius 1 is 1.54 bits per heavy atom. The van der Waals surface area contributed by atoms with Gasteiger partial charge in [0, 0.05) is 6.54 Å². The smallest absolute Gasteiger partial charge is 0.306 e. The molecular weight excluding hydrogens is 166 g/mol. The van der Waals surface area contributed by atoms with Gasteiger partial charge in [0.05, 0.1) is 5.92 Å². The van der Waals surface area contributed by atoms with Crippen LogP contribution in [-0.2, 0) is 4.79 Å².